The van der Waals surface area contributed by atoms with Crippen molar-refractivity contribution in [3.05, 3.63) is 93.4 Å². The first-order valence-electron chi connectivity index (χ1n) is 11.1. The topological polar surface area (TPSA) is 107 Å². The fourth-order valence-corrected chi connectivity index (χ4v) is 3.65. The van der Waals surface area contributed by atoms with Gasteiger partial charge in [-0.2, -0.15) is 0 Å². The van der Waals surface area contributed by atoms with Crippen LogP contribution in [0.2, 0.25) is 0 Å². The molecule has 4 rings (SSSR count). The number of hydrogen-bond donors (Lipinski definition) is 0. The molecule has 0 fully saturated rings. The van der Waals surface area contributed by atoms with Gasteiger partial charge < -0.3 is 18.8 Å². The predicted molar refractivity (Wildman–Crippen MR) is 129 cm³/mol. The number of imidazole rings is 1. The molecular weight excluding hydrogens is 452 g/mol. The fourth-order valence-electron chi connectivity index (χ4n) is 3.65. The molecule has 0 aliphatic rings. The van der Waals surface area contributed by atoms with Gasteiger partial charge in [-0.3, -0.25) is 14.2 Å². The van der Waals surface area contributed by atoms with Gasteiger partial charge in [-0.15, -0.1) is 0 Å². The molecule has 2 aromatic heterocycles. The Morgan fingerprint density at radius 2 is 1.63 bits per heavy atom. The molecule has 0 aliphatic heterocycles. The summed E-state index contributed by atoms with van der Waals surface area (Å²) in [5.74, 6) is -0.0623. The van der Waals surface area contributed by atoms with E-state index < -0.39 is 23.8 Å². The third-order valence-electron chi connectivity index (χ3n) is 5.35. The van der Waals surface area contributed by atoms with Crippen molar-refractivity contribution in [1.82, 2.24) is 18.7 Å². The molecule has 0 spiro atoms. The van der Waals surface area contributed by atoms with Crippen molar-refractivity contribution in [3.63, 3.8) is 0 Å². The van der Waals surface area contributed by atoms with Crippen molar-refractivity contribution in [1.29, 1.82) is 0 Å². The van der Waals surface area contributed by atoms with E-state index in [0.717, 1.165) is 10.1 Å². The Kier molecular flexibility index (Phi) is 7.74. The van der Waals surface area contributed by atoms with Gasteiger partial charge in [0.2, 0.25) is 0 Å². The van der Waals surface area contributed by atoms with Gasteiger partial charge in [-0.05, 0) is 17.7 Å². The Balaban J connectivity index is 1.58. The molecule has 2 heterocycles. The Hall–Kier alpha value is -4.18. The van der Waals surface area contributed by atoms with Gasteiger partial charge >= 0.3 is 11.7 Å². The highest BCUT2D eigenvalue weighted by molar-refractivity contribution is 5.72. The molecule has 10 nitrogen and oxygen atoms in total. The molecule has 0 saturated carbocycles. The lowest BCUT2D eigenvalue weighted by Gasteiger charge is -2.13. The highest BCUT2D eigenvalue weighted by Crippen LogP contribution is 2.10. The number of para-hydroxylation sites is 1. The molecule has 0 N–H and O–H groups in total. The number of carbonyl (C=O) groups is 1. The summed E-state index contributed by atoms with van der Waals surface area (Å²) >= 11 is 0. The summed E-state index contributed by atoms with van der Waals surface area (Å²) in [4.78, 5) is 43.4. The van der Waals surface area contributed by atoms with E-state index in [9.17, 15) is 14.4 Å². The molecule has 10 heteroatoms. The summed E-state index contributed by atoms with van der Waals surface area (Å²) in [5, 5.41) is 0. The molecule has 2 aromatic carbocycles. The third-order valence-corrected chi connectivity index (χ3v) is 5.35. The molecule has 0 saturated heterocycles. The van der Waals surface area contributed by atoms with E-state index >= 15 is 0 Å². The quantitative estimate of drug-likeness (QED) is 0.238. The second-order valence-electron chi connectivity index (χ2n) is 7.73. The first kappa shape index (κ1) is 24.0. The highest BCUT2D eigenvalue weighted by atomic mass is 16.6. The number of esters is 1. The van der Waals surface area contributed by atoms with E-state index in [-0.39, 0.29) is 30.9 Å². The highest BCUT2D eigenvalue weighted by Gasteiger charge is 2.20. The van der Waals surface area contributed by atoms with Crippen LogP contribution >= 0.6 is 0 Å². The number of aromatic nitrogens is 4. The lowest BCUT2D eigenvalue weighted by atomic mass is 10.2. The minimum absolute atomic E-state index is 0.0191. The van der Waals surface area contributed by atoms with Gasteiger partial charge in [0.1, 0.15) is 25.5 Å². The van der Waals surface area contributed by atoms with Crippen LogP contribution in [0.4, 0.5) is 0 Å². The maximum atomic E-state index is 13.3. The molecule has 182 valence electrons. The monoisotopic (exact) mass is 478 g/mol. The fraction of sp³-hybridized carbons (Fsp3) is 0.280. The van der Waals surface area contributed by atoms with Gasteiger partial charge in [0.25, 0.3) is 5.56 Å². The lowest BCUT2D eigenvalue weighted by molar-refractivity contribution is -0.145. The van der Waals surface area contributed by atoms with Crippen LogP contribution in [0, 0.1) is 0 Å². The van der Waals surface area contributed by atoms with Crippen LogP contribution in [0.1, 0.15) is 5.56 Å². The van der Waals surface area contributed by atoms with Crippen molar-refractivity contribution in [2.24, 2.45) is 0 Å². The SMILES string of the molecule is COCCn1cnc2c1c(=O)n(CC(=O)OCCOc1ccccc1)c(=O)n2Cc1ccccc1. The number of rotatable bonds is 11. The normalized spacial score (nSPS) is 11.0. The van der Waals surface area contributed by atoms with Gasteiger partial charge in [0.05, 0.1) is 19.5 Å². The van der Waals surface area contributed by atoms with E-state index in [1.165, 1.54) is 10.9 Å². The van der Waals surface area contributed by atoms with E-state index in [0.29, 0.717) is 18.9 Å². The minimum Gasteiger partial charge on any atom is -0.490 e. The van der Waals surface area contributed by atoms with Gasteiger partial charge in [-0.1, -0.05) is 48.5 Å². The van der Waals surface area contributed by atoms with Gasteiger partial charge in [0.15, 0.2) is 11.2 Å². The number of carbonyl (C=O) groups excluding carboxylic acids is 1. The van der Waals surface area contributed by atoms with E-state index in [1.54, 1.807) is 23.8 Å². The number of methoxy groups -OCH3 is 1. The number of nitrogens with zero attached hydrogens (tertiary/aromatic N) is 4. The molecule has 0 atom stereocenters. The van der Waals surface area contributed by atoms with E-state index in [1.807, 2.05) is 48.5 Å². The summed E-state index contributed by atoms with van der Waals surface area (Å²) in [6.45, 7) is 0.514. The smallest absolute Gasteiger partial charge is 0.333 e. The lowest BCUT2D eigenvalue weighted by Crippen LogP contribution is -2.42. The predicted octanol–water partition coefficient (Wildman–Crippen LogP) is 1.68. The number of fused-ring (bicyclic) bond motifs is 1. The average Bonchev–Trinajstić information content (AvgIpc) is 3.31. The van der Waals surface area contributed by atoms with Crippen LogP contribution in [-0.2, 0) is 33.9 Å². The zero-order valence-electron chi connectivity index (χ0n) is 19.3. The Morgan fingerprint density at radius 3 is 2.34 bits per heavy atom. The molecule has 0 radical (unpaired) electrons. The molecule has 4 aromatic rings. The summed E-state index contributed by atoms with van der Waals surface area (Å²) in [7, 11) is 1.56. The zero-order valence-corrected chi connectivity index (χ0v) is 19.3. The number of ether oxygens (including phenoxy) is 3. The van der Waals surface area contributed by atoms with Gasteiger partial charge in [0, 0.05) is 13.7 Å². The molecule has 0 aliphatic carbocycles. The molecule has 0 unspecified atom stereocenters. The van der Waals surface area contributed by atoms with Crippen molar-refractivity contribution in [2.75, 3.05) is 26.9 Å². The van der Waals surface area contributed by atoms with Crippen LogP contribution < -0.4 is 16.0 Å². The van der Waals surface area contributed by atoms with Crippen LogP contribution in [-0.4, -0.2) is 51.6 Å². The third kappa shape index (κ3) is 5.67. The Bertz CT molecular complexity index is 1390. The van der Waals surface area contributed by atoms with Crippen molar-refractivity contribution < 1.29 is 19.0 Å². The maximum Gasteiger partial charge on any atom is 0.333 e. The van der Waals surface area contributed by atoms with Crippen LogP contribution in [0.15, 0.2) is 76.6 Å². The molecule has 0 amide bonds. The molecule has 0 bridgehead atoms. The number of hydrogen-bond acceptors (Lipinski definition) is 7. The molecule has 35 heavy (non-hydrogen) atoms. The minimum atomic E-state index is -0.713. The van der Waals surface area contributed by atoms with E-state index in [4.69, 9.17) is 14.2 Å². The van der Waals surface area contributed by atoms with E-state index in [2.05, 4.69) is 4.98 Å². The van der Waals surface area contributed by atoms with Crippen molar-refractivity contribution in [3.8, 4) is 5.75 Å². The standard InChI is InChI=1S/C25H26N4O6/c1-33-13-12-27-18-26-23-22(27)24(31)29(25(32)28(23)16-19-8-4-2-5-9-19)17-21(30)35-15-14-34-20-10-6-3-7-11-20/h2-11,18H,12-17H2,1H3. The summed E-state index contributed by atoms with van der Waals surface area (Å²) in [6.07, 6.45) is 1.50. The maximum absolute atomic E-state index is 13.3. The average molecular weight is 479 g/mol. The summed E-state index contributed by atoms with van der Waals surface area (Å²) in [6, 6.07) is 18.5. The van der Waals surface area contributed by atoms with Crippen molar-refractivity contribution in [2.45, 2.75) is 19.6 Å². The largest absolute Gasteiger partial charge is 0.490 e. The van der Waals surface area contributed by atoms with Gasteiger partial charge in [-0.25, -0.2) is 14.3 Å². The molecular formula is C25H26N4O6. The Morgan fingerprint density at radius 1 is 0.914 bits per heavy atom. The van der Waals surface area contributed by atoms with Crippen LogP contribution in [0.3, 0.4) is 0 Å². The summed E-state index contributed by atoms with van der Waals surface area (Å²) in [5.41, 5.74) is 0.0769. The Labute approximate surface area is 200 Å². The first-order chi connectivity index (χ1) is 17.1. The van der Waals surface area contributed by atoms with Crippen LogP contribution in [0.25, 0.3) is 11.2 Å². The zero-order chi connectivity index (χ0) is 24.6. The number of benzene rings is 2. The van der Waals surface area contributed by atoms with Crippen LogP contribution in [0.5, 0.6) is 5.75 Å². The second-order valence-corrected chi connectivity index (χ2v) is 7.73. The second kappa shape index (κ2) is 11.3. The van der Waals surface area contributed by atoms with Crippen molar-refractivity contribution >= 4 is 17.1 Å². The first-order valence-corrected chi connectivity index (χ1v) is 11.1. The summed E-state index contributed by atoms with van der Waals surface area (Å²) < 4.78 is 19.7.